The van der Waals surface area contributed by atoms with Crippen molar-refractivity contribution in [2.75, 3.05) is 0 Å². The van der Waals surface area contributed by atoms with Gasteiger partial charge in [-0.15, -0.1) is 0 Å². The van der Waals surface area contributed by atoms with Crippen molar-refractivity contribution >= 4 is 6.16 Å². The van der Waals surface area contributed by atoms with E-state index in [1.165, 1.54) is 0 Å². The summed E-state index contributed by atoms with van der Waals surface area (Å²) in [7, 11) is 0. The maximum Gasteiger partial charge on any atom is 1.00 e. The third kappa shape index (κ3) is 41.5. The van der Waals surface area contributed by atoms with Crippen LogP contribution in [0.2, 0.25) is 0 Å². The van der Waals surface area contributed by atoms with Crippen molar-refractivity contribution in [2.45, 2.75) is 0 Å². The monoisotopic (exact) mass is 190 g/mol. The second-order valence-electron chi connectivity index (χ2n) is 0.266. The SMILES string of the molecule is O=C([O-])O.[K+].[Zr]. The quantitative estimate of drug-likeness (QED) is 0.396. The summed E-state index contributed by atoms with van der Waals surface area (Å²) in [5.41, 5.74) is 0. The number of rotatable bonds is 0. The fourth-order valence-corrected chi connectivity index (χ4v) is 0. The van der Waals surface area contributed by atoms with Gasteiger partial charge in [0, 0.05) is 26.2 Å². The molecule has 0 unspecified atom stereocenters. The van der Waals surface area contributed by atoms with E-state index in [9.17, 15) is 0 Å². The molecule has 0 aromatic carbocycles. The third-order valence-electron chi connectivity index (χ3n) is 0. The van der Waals surface area contributed by atoms with Gasteiger partial charge in [-0.25, -0.2) is 0 Å². The van der Waals surface area contributed by atoms with Crippen LogP contribution in [0.5, 0.6) is 0 Å². The molecule has 1 N–H and O–H groups in total. The second-order valence-corrected chi connectivity index (χ2v) is 0.266. The van der Waals surface area contributed by atoms with Crippen LogP contribution < -0.4 is 56.5 Å². The van der Waals surface area contributed by atoms with Crippen molar-refractivity contribution < 1.29 is 92.6 Å². The first kappa shape index (κ1) is 15.7. The first-order valence-corrected chi connectivity index (χ1v) is 0.632. The molecule has 0 heterocycles. The van der Waals surface area contributed by atoms with Crippen LogP contribution in [0.1, 0.15) is 0 Å². The molecule has 0 aliphatic heterocycles. The minimum atomic E-state index is -2.08. The summed E-state index contributed by atoms with van der Waals surface area (Å²) in [6.07, 6.45) is -2.08. The van der Waals surface area contributed by atoms with Crippen molar-refractivity contribution in [3.8, 4) is 0 Å². The number of carboxylic acid groups (broad SMARTS) is 2. The Morgan fingerprint density at radius 3 is 1.67 bits per heavy atom. The maximum absolute atomic E-state index is 8.44. The Morgan fingerprint density at radius 2 is 1.67 bits per heavy atom. The minimum Gasteiger partial charge on any atom is -0.565 e. The Labute approximate surface area is 96.7 Å². The van der Waals surface area contributed by atoms with Gasteiger partial charge in [0.2, 0.25) is 6.16 Å². The topological polar surface area (TPSA) is 60.4 Å². The van der Waals surface area contributed by atoms with Gasteiger partial charge in [-0.3, -0.25) is 0 Å². The number of hydrogen-bond acceptors (Lipinski definition) is 2. The van der Waals surface area contributed by atoms with Gasteiger partial charge in [-0.05, 0) is 0 Å². The molecular weight excluding hydrogens is 190 g/mol. The van der Waals surface area contributed by atoms with Gasteiger partial charge in [0.1, 0.15) is 0 Å². The van der Waals surface area contributed by atoms with Gasteiger partial charge >= 0.3 is 51.4 Å². The van der Waals surface area contributed by atoms with Crippen LogP contribution in [0.25, 0.3) is 0 Å². The van der Waals surface area contributed by atoms with E-state index in [0.717, 1.165) is 0 Å². The normalized spacial score (nSPS) is 4.00. The summed E-state index contributed by atoms with van der Waals surface area (Å²) in [6.45, 7) is 0. The second kappa shape index (κ2) is 9.92. The molecule has 0 rings (SSSR count). The standard InChI is InChI=1S/CH2O3.K.Zr/c2-1(3)4;;/h(H2,2,3,4);;/q;+1;/p-1. The Kier molecular flexibility index (Phi) is 25.9. The molecule has 0 radical (unpaired) electrons. The number of hydrogen-bond donors (Lipinski definition) is 1. The molecule has 0 atom stereocenters. The predicted octanol–water partition coefficient (Wildman–Crippen LogP) is -4.11. The zero-order valence-corrected chi connectivity index (χ0v) is 8.84. The molecule has 0 spiro atoms. The largest absolute Gasteiger partial charge is 1.00 e. The Morgan fingerprint density at radius 1 is 1.67 bits per heavy atom. The van der Waals surface area contributed by atoms with E-state index in [1.807, 2.05) is 0 Å². The van der Waals surface area contributed by atoms with Crippen LogP contribution in [0.3, 0.4) is 0 Å². The molecule has 0 bridgehead atoms. The molecule has 0 saturated heterocycles. The van der Waals surface area contributed by atoms with Gasteiger partial charge in [0.05, 0.1) is 0 Å². The van der Waals surface area contributed by atoms with Gasteiger partial charge in [0.15, 0.2) is 0 Å². The van der Waals surface area contributed by atoms with Gasteiger partial charge in [0.25, 0.3) is 0 Å². The molecule has 0 amide bonds. The Bertz CT molecular complexity index is 33.8. The molecule has 0 fully saturated rings. The molecule has 28 valence electrons. The molecule has 3 nitrogen and oxygen atoms in total. The van der Waals surface area contributed by atoms with Crippen LogP contribution in [0.15, 0.2) is 0 Å². The van der Waals surface area contributed by atoms with E-state index in [2.05, 4.69) is 0 Å². The molecule has 0 aliphatic rings. The van der Waals surface area contributed by atoms with Crippen molar-refractivity contribution in [1.29, 1.82) is 0 Å². The zero-order chi connectivity index (χ0) is 3.58. The summed E-state index contributed by atoms with van der Waals surface area (Å²) in [6, 6.07) is 0. The van der Waals surface area contributed by atoms with Crippen LogP contribution in [-0.2, 0) is 26.2 Å². The van der Waals surface area contributed by atoms with Crippen molar-refractivity contribution in [3.63, 3.8) is 0 Å². The molecule has 0 saturated carbocycles. The summed E-state index contributed by atoms with van der Waals surface area (Å²) in [5.74, 6) is 0. The van der Waals surface area contributed by atoms with E-state index in [4.69, 9.17) is 15.0 Å². The first-order chi connectivity index (χ1) is 1.73. The number of carbonyl (C=O) groups is 1. The predicted molar refractivity (Wildman–Crippen MR) is 8.02 cm³/mol. The van der Waals surface area contributed by atoms with Crippen LogP contribution >= 0.6 is 0 Å². The molecular formula is CHKO3Zr. The molecule has 0 aromatic rings. The van der Waals surface area contributed by atoms with Gasteiger partial charge in [-0.1, -0.05) is 0 Å². The fourth-order valence-electron chi connectivity index (χ4n) is 0. The van der Waals surface area contributed by atoms with Gasteiger partial charge in [-0.2, -0.15) is 0 Å². The summed E-state index contributed by atoms with van der Waals surface area (Å²) in [5, 5.41) is 15.3. The zero-order valence-electron chi connectivity index (χ0n) is 3.26. The molecule has 0 aromatic heterocycles. The molecule has 6 heavy (non-hydrogen) atoms. The van der Waals surface area contributed by atoms with Gasteiger partial charge < -0.3 is 15.0 Å². The molecule has 0 aliphatic carbocycles. The van der Waals surface area contributed by atoms with Crippen molar-refractivity contribution in [2.24, 2.45) is 0 Å². The summed E-state index contributed by atoms with van der Waals surface area (Å²) in [4.78, 5) is 8.44. The van der Waals surface area contributed by atoms with E-state index in [1.54, 1.807) is 0 Å². The third-order valence-corrected chi connectivity index (χ3v) is 0. The van der Waals surface area contributed by atoms with Crippen molar-refractivity contribution in [1.82, 2.24) is 0 Å². The first-order valence-electron chi connectivity index (χ1n) is 0.632. The average Bonchev–Trinajstić information content (AvgIpc) is 0.811. The Balaban J connectivity index is -0.0000000450. The van der Waals surface area contributed by atoms with Crippen LogP contribution in [0, 0.1) is 0 Å². The average molecular weight is 191 g/mol. The maximum atomic E-state index is 8.44. The van der Waals surface area contributed by atoms with E-state index in [-0.39, 0.29) is 77.6 Å². The van der Waals surface area contributed by atoms with Crippen molar-refractivity contribution in [3.05, 3.63) is 0 Å². The van der Waals surface area contributed by atoms with Crippen LogP contribution in [-0.4, -0.2) is 11.3 Å². The van der Waals surface area contributed by atoms with Crippen LogP contribution in [0.4, 0.5) is 4.79 Å². The minimum absolute atomic E-state index is 0. The molecule has 5 heteroatoms. The van der Waals surface area contributed by atoms with E-state index >= 15 is 0 Å². The smallest absolute Gasteiger partial charge is 0.565 e. The van der Waals surface area contributed by atoms with E-state index in [0.29, 0.717) is 0 Å². The van der Waals surface area contributed by atoms with E-state index < -0.39 is 6.16 Å². The Hall–Kier alpha value is 1.79. The summed E-state index contributed by atoms with van der Waals surface area (Å²) >= 11 is 0. The summed E-state index contributed by atoms with van der Waals surface area (Å²) < 4.78 is 0. The fraction of sp³-hybridized carbons (Fsp3) is 0.